The average molecular weight is 346 g/mol. The number of carbonyl (C=O) groups excluding carboxylic acids is 1. The van der Waals surface area contributed by atoms with Gasteiger partial charge in [0.05, 0.1) is 11.1 Å². The Hall–Kier alpha value is -3.73. The van der Waals surface area contributed by atoms with E-state index in [4.69, 9.17) is 5.11 Å². The third-order valence-electron chi connectivity index (χ3n) is 4.07. The van der Waals surface area contributed by atoms with Crippen molar-refractivity contribution in [2.45, 2.75) is 0 Å². The van der Waals surface area contributed by atoms with Crippen LogP contribution in [0, 0.1) is 0 Å². The van der Waals surface area contributed by atoms with Crippen LogP contribution in [0.4, 0.5) is 0 Å². The Bertz CT molecular complexity index is 986. The third-order valence-corrected chi connectivity index (χ3v) is 4.07. The van der Waals surface area contributed by atoms with Gasteiger partial charge in [-0.25, -0.2) is 9.59 Å². The van der Waals surface area contributed by atoms with Gasteiger partial charge >= 0.3 is 11.9 Å². The Morgan fingerprint density at radius 2 is 1.27 bits per heavy atom. The van der Waals surface area contributed by atoms with E-state index in [1.165, 1.54) is 12.1 Å². The molecule has 0 saturated heterocycles. The summed E-state index contributed by atoms with van der Waals surface area (Å²) in [5.41, 5.74) is 3.43. The zero-order valence-electron chi connectivity index (χ0n) is 13.5. The lowest BCUT2D eigenvalue weighted by Crippen LogP contribution is -2.01. The highest BCUT2D eigenvalue weighted by Crippen LogP contribution is 2.29. The number of aromatic carboxylic acids is 2. The Balaban J connectivity index is 2.05. The summed E-state index contributed by atoms with van der Waals surface area (Å²) in [6.45, 7) is 0. The molecule has 0 aliphatic heterocycles. The van der Waals surface area contributed by atoms with Gasteiger partial charge in [0.2, 0.25) is 0 Å². The molecule has 0 spiro atoms. The lowest BCUT2D eigenvalue weighted by molar-refractivity contribution is 0.0686. The molecular weight excluding hydrogens is 332 g/mol. The minimum absolute atomic E-state index is 0.116. The smallest absolute Gasteiger partial charge is 0.336 e. The van der Waals surface area contributed by atoms with Crippen LogP contribution < -0.4 is 0 Å². The predicted molar refractivity (Wildman–Crippen MR) is 96.6 cm³/mol. The summed E-state index contributed by atoms with van der Waals surface area (Å²) in [6.07, 6.45) is 0.746. The van der Waals surface area contributed by atoms with Crippen LogP contribution in [-0.2, 0) is 0 Å². The highest BCUT2D eigenvalue weighted by Gasteiger charge is 2.14. The quantitative estimate of drug-likeness (QED) is 0.675. The molecule has 3 aromatic carbocycles. The fourth-order valence-corrected chi connectivity index (χ4v) is 2.70. The van der Waals surface area contributed by atoms with Crippen molar-refractivity contribution in [2.75, 3.05) is 0 Å². The number of carboxylic acids is 2. The van der Waals surface area contributed by atoms with Crippen molar-refractivity contribution in [3.8, 4) is 22.3 Å². The van der Waals surface area contributed by atoms with Crippen LogP contribution in [0.5, 0.6) is 0 Å². The molecule has 128 valence electrons. The molecule has 0 aliphatic carbocycles. The highest BCUT2D eigenvalue weighted by atomic mass is 16.4. The minimum Gasteiger partial charge on any atom is -0.478 e. The maximum atomic E-state index is 11.7. The monoisotopic (exact) mass is 346 g/mol. The molecule has 2 N–H and O–H groups in total. The topological polar surface area (TPSA) is 91.7 Å². The minimum atomic E-state index is -1.08. The van der Waals surface area contributed by atoms with Crippen LogP contribution in [0.1, 0.15) is 31.1 Å². The number of hydrogen-bond donors (Lipinski definition) is 2. The summed E-state index contributed by atoms with van der Waals surface area (Å²) in [6, 6.07) is 18.0. The molecule has 3 aromatic rings. The number of hydrogen-bond acceptors (Lipinski definition) is 3. The standard InChI is InChI=1S/C21H14O5/c22-12-13-1-3-14(4-2-13)17-9-10-18(19(11-17)21(25)26)15-5-7-16(8-6-15)20(23)24/h1-12H,(H,23,24)(H,25,26). The number of rotatable bonds is 5. The van der Waals surface area contributed by atoms with Crippen LogP contribution in [0.2, 0.25) is 0 Å². The van der Waals surface area contributed by atoms with Gasteiger partial charge in [-0.1, -0.05) is 48.5 Å². The molecule has 0 atom stereocenters. The first kappa shape index (κ1) is 17.1. The molecule has 0 aromatic heterocycles. The highest BCUT2D eigenvalue weighted by molar-refractivity contribution is 5.98. The molecule has 3 rings (SSSR count). The van der Waals surface area contributed by atoms with Crippen molar-refractivity contribution in [1.82, 2.24) is 0 Å². The van der Waals surface area contributed by atoms with Gasteiger partial charge in [-0.2, -0.15) is 0 Å². The largest absolute Gasteiger partial charge is 0.478 e. The lowest BCUT2D eigenvalue weighted by Gasteiger charge is -2.10. The van der Waals surface area contributed by atoms with Crippen LogP contribution in [0.25, 0.3) is 22.3 Å². The second-order valence-corrected chi connectivity index (χ2v) is 5.69. The van der Waals surface area contributed by atoms with Crippen molar-refractivity contribution in [2.24, 2.45) is 0 Å². The second-order valence-electron chi connectivity index (χ2n) is 5.69. The molecule has 0 heterocycles. The average Bonchev–Trinajstić information content (AvgIpc) is 2.67. The Morgan fingerprint density at radius 1 is 0.692 bits per heavy atom. The van der Waals surface area contributed by atoms with Crippen LogP contribution in [0.15, 0.2) is 66.7 Å². The molecule has 0 saturated carbocycles. The zero-order valence-corrected chi connectivity index (χ0v) is 13.5. The van der Waals surface area contributed by atoms with Crippen molar-refractivity contribution < 1.29 is 24.6 Å². The first-order valence-corrected chi connectivity index (χ1v) is 7.76. The Labute approximate surface area is 149 Å². The summed E-state index contributed by atoms with van der Waals surface area (Å²) in [5, 5.41) is 18.6. The van der Waals surface area contributed by atoms with Crippen LogP contribution in [-0.4, -0.2) is 28.4 Å². The van der Waals surface area contributed by atoms with Gasteiger partial charge in [0.1, 0.15) is 6.29 Å². The molecule has 5 heteroatoms. The molecule has 5 nitrogen and oxygen atoms in total. The van der Waals surface area contributed by atoms with Gasteiger partial charge < -0.3 is 10.2 Å². The molecular formula is C21H14O5. The number of aldehydes is 1. The van der Waals surface area contributed by atoms with E-state index in [0.717, 1.165) is 11.8 Å². The van der Waals surface area contributed by atoms with Crippen LogP contribution in [0.3, 0.4) is 0 Å². The normalized spacial score (nSPS) is 10.3. The van der Waals surface area contributed by atoms with Gasteiger partial charge in [0, 0.05) is 5.56 Å². The van der Waals surface area contributed by atoms with E-state index in [1.54, 1.807) is 54.6 Å². The summed E-state index contributed by atoms with van der Waals surface area (Å²) in [5.74, 6) is -2.11. The van der Waals surface area contributed by atoms with E-state index >= 15 is 0 Å². The van der Waals surface area contributed by atoms with Crippen molar-refractivity contribution in [1.29, 1.82) is 0 Å². The van der Waals surface area contributed by atoms with Gasteiger partial charge in [0.15, 0.2) is 0 Å². The molecule has 0 fully saturated rings. The molecule has 0 aliphatic rings. The van der Waals surface area contributed by atoms with E-state index < -0.39 is 11.9 Å². The third kappa shape index (κ3) is 3.37. The predicted octanol–water partition coefficient (Wildman–Crippen LogP) is 4.23. The summed E-state index contributed by atoms with van der Waals surface area (Å²) >= 11 is 0. The molecule has 0 unspecified atom stereocenters. The number of carboxylic acid groups (broad SMARTS) is 2. The fraction of sp³-hybridized carbons (Fsp3) is 0. The molecule has 26 heavy (non-hydrogen) atoms. The first-order chi connectivity index (χ1) is 12.5. The van der Waals surface area contributed by atoms with Gasteiger partial charge in [-0.3, -0.25) is 4.79 Å². The zero-order chi connectivity index (χ0) is 18.7. The number of carbonyl (C=O) groups is 3. The van der Waals surface area contributed by atoms with Gasteiger partial charge in [-0.05, 0) is 40.5 Å². The van der Waals surface area contributed by atoms with Crippen molar-refractivity contribution in [3.63, 3.8) is 0 Å². The lowest BCUT2D eigenvalue weighted by atomic mass is 9.94. The Kier molecular flexibility index (Phi) is 4.62. The number of benzene rings is 3. The maximum absolute atomic E-state index is 11.7. The summed E-state index contributed by atoms with van der Waals surface area (Å²) < 4.78 is 0. The first-order valence-electron chi connectivity index (χ1n) is 7.76. The fourth-order valence-electron chi connectivity index (χ4n) is 2.70. The molecule has 0 bridgehead atoms. The summed E-state index contributed by atoms with van der Waals surface area (Å²) in [4.78, 5) is 33.4. The van der Waals surface area contributed by atoms with E-state index in [9.17, 15) is 19.5 Å². The van der Waals surface area contributed by atoms with Crippen LogP contribution >= 0.6 is 0 Å². The van der Waals surface area contributed by atoms with Crippen molar-refractivity contribution in [3.05, 3.63) is 83.4 Å². The van der Waals surface area contributed by atoms with E-state index in [1.807, 2.05) is 0 Å². The van der Waals surface area contributed by atoms with Gasteiger partial charge in [-0.15, -0.1) is 0 Å². The summed E-state index contributed by atoms with van der Waals surface area (Å²) in [7, 11) is 0. The Morgan fingerprint density at radius 3 is 1.81 bits per heavy atom. The van der Waals surface area contributed by atoms with E-state index in [-0.39, 0.29) is 11.1 Å². The molecule has 0 amide bonds. The maximum Gasteiger partial charge on any atom is 0.336 e. The van der Waals surface area contributed by atoms with E-state index in [2.05, 4.69) is 0 Å². The van der Waals surface area contributed by atoms with Crippen molar-refractivity contribution >= 4 is 18.2 Å². The van der Waals surface area contributed by atoms with Gasteiger partial charge in [0.25, 0.3) is 0 Å². The van der Waals surface area contributed by atoms with E-state index in [0.29, 0.717) is 22.3 Å². The molecule has 0 radical (unpaired) electrons. The SMILES string of the molecule is O=Cc1ccc(-c2ccc(-c3ccc(C(=O)O)cc3)c(C(=O)O)c2)cc1. The second kappa shape index (κ2) is 7.03.